The van der Waals surface area contributed by atoms with Crippen molar-refractivity contribution < 1.29 is 18.3 Å². The van der Waals surface area contributed by atoms with Gasteiger partial charge >= 0.3 is 0 Å². The van der Waals surface area contributed by atoms with Gasteiger partial charge in [0.05, 0.1) is 11.2 Å². The summed E-state index contributed by atoms with van der Waals surface area (Å²) in [6.07, 6.45) is 0. The average molecular weight is 404 g/mol. The largest absolute Gasteiger partial charge is 0.454 e. The standard InChI is InChI=1S/C24H18F2N2O2/c25-19-6-4-16(5-7-19)24-18(13-27-12-15-2-1-3-20(26)8-15)9-17-10-22-23(30-14-29-22)11-21(17)28-24/h1-11,27H,12-14H2. The molecule has 30 heavy (non-hydrogen) atoms. The molecular weight excluding hydrogens is 386 g/mol. The van der Waals surface area contributed by atoms with Crippen LogP contribution in [0.25, 0.3) is 22.2 Å². The Balaban J connectivity index is 1.51. The Hall–Kier alpha value is -3.51. The second-order valence-corrected chi connectivity index (χ2v) is 7.13. The molecule has 0 saturated heterocycles. The van der Waals surface area contributed by atoms with E-state index in [-0.39, 0.29) is 18.4 Å². The number of aromatic nitrogens is 1. The first-order chi connectivity index (χ1) is 14.7. The zero-order chi connectivity index (χ0) is 20.5. The fraction of sp³-hybridized carbons (Fsp3) is 0.125. The van der Waals surface area contributed by atoms with Crippen LogP contribution in [0.3, 0.4) is 0 Å². The van der Waals surface area contributed by atoms with Crippen molar-refractivity contribution >= 4 is 10.9 Å². The van der Waals surface area contributed by atoms with Crippen molar-refractivity contribution in [1.29, 1.82) is 0 Å². The summed E-state index contributed by atoms with van der Waals surface area (Å²) in [6, 6.07) is 18.6. The molecule has 6 heteroatoms. The molecule has 0 saturated carbocycles. The minimum atomic E-state index is -0.298. The first-order valence-electron chi connectivity index (χ1n) is 9.60. The molecule has 5 rings (SSSR count). The summed E-state index contributed by atoms with van der Waals surface area (Å²) >= 11 is 0. The molecule has 0 aliphatic carbocycles. The summed E-state index contributed by atoms with van der Waals surface area (Å²) in [5.41, 5.74) is 4.15. The summed E-state index contributed by atoms with van der Waals surface area (Å²) in [5, 5.41) is 4.27. The first kappa shape index (κ1) is 18.5. The van der Waals surface area contributed by atoms with Gasteiger partial charge in [-0.3, -0.25) is 0 Å². The van der Waals surface area contributed by atoms with Gasteiger partial charge in [0.25, 0.3) is 0 Å². The highest BCUT2D eigenvalue weighted by Crippen LogP contribution is 2.37. The number of rotatable bonds is 5. The van der Waals surface area contributed by atoms with Crippen molar-refractivity contribution in [2.45, 2.75) is 13.1 Å². The number of hydrogen-bond acceptors (Lipinski definition) is 4. The third kappa shape index (κ3) is 3.69. The maximum Gasteiger partial charge on any atom is 0.231 e. The molecule has 1 aromatic heterocycles. The van der Waals surface area contributed by atoms with Crippen LogP contribution in [0.15, 0.2) is 66.7 Å². The molecule has 1 N–H and O–H groups in total. The van der Waals surface area contributed by atoms with Crippen molar-refractivity contribution in [3.63, 3.8) is 0 Å². The third-order valence-corrected chi connectivity index (χ3v) is 5.04. The summed E-state index contributed by atoms with van der Waals surface area (Å²) in [7, 11) is 0. The summed E-state index contributed by atoms with van der Waals surface area (Å²) < 4.78 is 37.8. The quantitative estimate of drug-likeness (QED) is 0.497. The van der Waals surface area contributed by atoms with Gasteiger partial charge in [0.15, 0.2) is 11.5 Å². The third-order valence-electron chi connectivity index (χ3n) is 5.04. The summed E-state index contributed by atoms with van der Waals surface area (Å²) in [6.45, 7) is 1.22. The Kier molecular flexibility index (Phi) is 4.77. The fourth-order valence-corrected chi connectivity index (χ4v) is 3.59. The van der Waals surface area contributed by atoms with Crippen LogP contribution in [0.4, 0.5) is 8.78 Å². The van der Waals surface area contributed by atoms with Gasteiger partial charge in [-0.25, -0.2) is 13.8 Å². The maximum atomic E-state index is 13.4. The second-order valence-electron chi connectivity index (χ2n) is 7.13. The van der Waals surface area contributed by atoms with E-state index in [2.05, 4.69) is 5.32 Å². The van der Waals surface area contributed by atoms with Gasteiger partial charge in [0, 0.05) is 30.1 Å². The molecule has 3 aromatic carbocycles. The summed E-state index contributed by atoms with van der Waals surface area (Å²) in [5.74, 6) is 0.799. The van der Waals surface area contributed by atoms with E-state index in [1.54, 1.807) is 18.2 Å². The zero-order valence-electron chi connectivity index (χ0n) is 16.0. The predicted octanol–water partition coefficient (Wildman–Crippen LogP) is 5.20. The Morgan fingerprint density at radius 1 is 0.833 bits per heavy atom. The monoisotopic (exact) mass is 404 g/mol. The van der Waals surface area contributed by atoms with Crippen molar-refractivity contribution in [3.05, 3.63) is 89.5 Å². The SMILES string of the molecule is Fc1ccc(-c2nc3cc4c(cc3cc2CNCc2cccc(F)c2)OCO4)cc1. The van der Waals surface area contributed by atoms with E-state index in [4.69, 9.17) is 14.5 Å². The molecule has 0 fully saturated rings. The molecule has 1 aliphatic heterocycles. The highest BCUT2D eigenvalue weighted by atomic mass is 19.1. The molecule has 0 atom stereocenters. The van der Waals surface area contributed by atoms with E-state index in [0.717, 1.165) is 33.3 Å². The second kappa shape index (κ2) is 7.72. The summed E-state index contributed by atoms with van der Waals surface area (Å²) in [4.78, 5) is 4.83. The molecule has 0 amide bonds. The lowest BCUT2D eigenvalue weighted by atomic mass is 10.0. The molecule has 4 nitrogen and oxygen atoms in total. The van der Waals surface area contributed by atoms with Crippen molar-refractivity contribution in [1.82, 2.24) is 10.3 Å². The average Bonchev–Trinajstić information content (AvgIpc) is 3.19. The van der Waals surface area contributed by atoms with Gasteiger partial charge in [-0.05, 0) is 59.7 Å². The minimum Gasteiger partial charge on any atom is -0.454 e. The first-order valence-corrected chi connectivity index (χ1v) is 9.60. The van der Waals surface area contributed by atoms with Crippen LogP contribution >= 0.6 is 0 Å². The van der Waals surface area contributed by atoms with Crippen molar-refractivity contribution in [2.75, 3.05) is 6.79 Å². The van der Waals surface area contributed by atoms with Gasteiger partial charge in [0.2, 0.25) is 6.79 Å². The number of fused-ring (bicyclic) bond motifs is 2. The van der Waals surface area contributed by atoms with Crippen LogP contribution in [-0.4, -0.2) is 11.8 Å². The minimum absolute atomic E-state index is 0.193. The number of hydrogen-bond donors (Lipinski definition) is 1. The molecule has 2 heterocycles. The van der Waals surface area contributed by atoms with Crippen LogP contribution in [-0.2, 0) is 13.1 Å². The Bertz CT molecular complexity index is 1230. The predicted molar refractivity (Wildman–Crippen MR) is 110 cm³/mol. The number of benzene rings is 3. The lowest BCUT2D eigenvalue weighted by Gasteiger charge is -2.13. The van der Waals surface area contributed by atoms with Crippen molar-refractivity contribution in [3.8, 4) is 22.8 Å². The van der Waals surface area contributed by atoms with Crippen LogP contribution in [0.1, 0.15) is 11.1 Å². The van der Waals surface area contributed by atoms with Crippen LogP contribution in [0.2, 0.25) is 0 Å². The van der Waals surface area contributed by atoms with E-state index in [9.17, 15) is 8.78 Å². The van der Waals surface area contributed by atoms with Gasteiger partial charge < -0.3 is 14.8 Å². The molecule has 0 radical (unpaired) electrons. The van der Waals surface area contributed by atoms with Crippen molar-refractivity contribution in [2.24, 2.45) is 0 Å². The van der Waals surface area contributed by atoms with Crippen LogP contribution in [0.5, 0.6) is 11.5 Å². The topological polar surface area (TPSA) is 43.4 Å². The number of halogens is 2. The van der Waals surface area contributed by atoms with Gasteiger partial charge in [-0.1, -0.05) is 12.1 Å². The lowest BCUT2D eigenvalue weighted by Crippen LogP contribution is -2.14. The fourth-order valence-electron chi connectivity index (χ4n) is 3.59. The molecule has 0 unspecified atom stereocenters. The number of nitrogens with one attached hydrogen (secondary N) is 1. The smallest absolute Gasteiger partial charge is 0.231 e. The molecule has 0 spiro atoms. The molecule has 0 bridgehead atoms. The normalized spacial score (nSPS) is 12.5. The van der Waals surface area contributed by atoms with Crippen LogP contribution < -0.4 is 14.8 Å². The maximum absolute atomic E-state index is 13.4. The van der Waals surface area contributed by atoms with Gasteiger partial charge in [-0.2, -0.15) is 0 Å². The molecule has 150 valence electrons. The van der Waals surface area contributed by atoms with E-state index in [0.29, 0.717) is 24.6 Å². The molecule has 1 aliphatic rings. The Labute approximate surface area is 172 Å². The Morgan fingerprint density at radius 3 is 2.43 bits per heavy atom. The highest BCUT2D eigenvalue weighted by Gasteiger charge is 2.17. The number of pyridine rings is 1. The highest BCUT2D eigenvalue weighted by molar-refractivity contribution is 5.86. The zero-order valence-corrected chi connectivity index (χ0v) is 16.0. The Morgan fingerprint density at radius 2 is 1.63 bits per heavy atom. The van der Waals surface area contributed by atoms with E-state index < -0.39 is 0 Å². The molecule has 4 aromatic rings. The van der Waals surface area contributed by atoms with Crippen LogP contribution in [0, 0.1) is 11.6 Å². The van der Waals surface area contributed by atoms with E-state index >= 15 is 0 Å². The van der Waals surface area contributed by atoms with Gasteiger partial charge in [0.1, 0.15) is 11.6 Å². The lowest BCUT2D eigenvalue weighted by molar-refractivity contribution is 0.174. The molecular formula is C24H18F2N2O2. The number of nitrogens with zero attached hydrogens (tertiary/aromatic N) is 1. The van der Waals surface area contributed by atoms with E-state index in [1.165, 1.54) is 24.3 Å². The number of ether oxygens (including phenoxy) is 2. The van der Waals surface area contributed by atoms with E-state index in [1.807, 2.05) is 24.3 Å². The van der Waals surface area contributed by atoms with Gasteiger partial charge in [-0.15, -0.1) is 0 Å².